The van der Waals surface area contributed by atoms with Gasteiger partial charge in [-0.05, 0) is 30.2 Å². The lowest BCUT2D eigenvalue weighted by Gasteiger charge is -2.39. The number of aliphatic hydroxyl groups is 1. The molecule has 0 bridgehead atoms. The molecule has 0 aliphatic carbocycles. The van der Waals surface area contributed by atoms with E-state index in [9.17, 15) is 13.5 Å². The van der Waals surface area contributed by atoms with E-state index < -0.39 is 22.2 Å². The molecule has 1 aliphatic rings. The molecule has 144 valence electrons. The molecule has 1 aromatic heterocycles. The van der Waals surface area contributed by atoms with E-state index in [2.05, 4.69) is 4.98 Å². The average molecular weight is 394 g/mol. The van der Waals surface area contributed by atoms with Crippen LogP contribution >= 0.6 is 0 Å². The Morgan fingerprint density at radius 1 is 0.929 bits per heavy atom. The summed E-state index contributed by atoms with van der Waals surface area (Å²) in [6.45, 7) is 0.301. The zero-order valence-electron chi connectivity index (χ0n) is 15.3. The van der Waals surface area contributed by atoms with E-state index in [-0.39, 0.29) is 4.90 Å². The number of aromatic nitrogens is 1. The molecule has 1 aliphatic heterocycles. The van der Waals surface area contributed by atoms with Gasteiger partial charge in [-0.1, -0.05) is 54.6 Å². The van der Waals surface area contributed by atoms with Gasteiger partial charge in [0.1, 0.15) is 0 Å². The predicted octanol–water partition coefficient (Wildman–Crippen LogP) is 2.97. The summed E-state index contributed by atoms with van der Waals surface area (Å²) in [6.07, 6.45) is 1.71. The van der Waals surface area contributed by atoms with Crippen LogP contribution in [0.15, 0.2) is 83.9 Å². The maximum atomic E-state index is 13.4. The quantitative estimate of drug-likeness (QED) is 0.722. The van der Waals surface area contributed by atoms with Gasteiger partial charge < -0.3 is 5.11 Å². The van der Waals surface area contributed by atoms with Crippen LogP contribution in [-0.4, -0.2) is 35.4 Å². The molecule has 6 heteroatoms. The minimum Gasteiger partial charge on any atom is -0.387 e. The lowest BCUT2D eigenvalue weighted by atomic mass is 9.97. The predicted molar refractivity (Wildman–Crippen MR) is 107 cm³/mol. The van der Waals surface area contributed by atoms with Crippen molar-refractivity contribution < 1.29 is 13.5 Å². The van der Waals surface area contributed by atoms with Crippen LogP contribution in [0.3, 0.4) is 0 Å². The van der Waals surface area contributed by atoms with Gasteiger partial charge in [-0.15, -0.1) is 0 Å². The first kappa shape index (κ1) is 18.8. The lowest BCUT2D eigenvalue weighted by molar-refractivity contribution is 0.0795. The number of sulfonamides is 1. The first-order valence-electron chi connectivity index (χ1n) is 9.30. The highest BCUT2D eigenvalue weighted by Gasteiger charge is 2.43. The summed E-state index contributed by atoms with van der Waals surface area (Å²) in [6, 6.07) is 21.4. The van der Waals surface area contributed by atoms with E-state index in [0.29, 0.717) is 24.9 Å². The van der Waals surface area contributed by atoms with Gasteiger partial charge in [-0.25, -0.2) is 8.42 Å². The molecule has 3 aromatic rings. The zero-order chi connectivity index (χ0) is 19.6. The molecule has 2 aromatic carbocycles. The third kappa shape index (κ3) is 3.58. The van der Waals surface area contributed by atoms with Crippen LogP contribution in [0, 0.1) is 0 Å². The van der Waals surface area contributed by atoms with Crippen LogP contribution in [0.4, 0.5) is 0 Å². The summed E-state index contributed by atoms with van der Waals surface area (Å²) < 4.78 is 28.2. The van der Waals surface area contributed by atoms with Crippen molar-refractivity contribution in [3.8, 4) is 0 Å². The molecule has 2 atom stereocenters. The van der Waals surface area contributed by atoms with Gasteiger partial charge >= 0.3 is 0 Å². The number of aliphatic hydroxyl groups excluding tert-OH is 1. The van der Waals surface area contributed by atoms with Gasteiger partial charge in [0, 0.05) is 30.4 Å². The Balaban J connectivity index is 1.71. The molecule has 0 saturated heterocycles. The van der Waals surface area contributed by atoms with E-state index in [0.717, 1.165) is 11.3 Å². The molecule has 28 heavy (non-hydrogen) atoms. The SMILES string of the molecule is O=S1(=O)c2ccccc2[C@H](O)[C@H](Cc2ccccn2)N1CCc1ccccc1. The van der Waals surface area contributed by atoms with Crippen LogP contribution in [0.25, 0.3) is 0 Å². The minimum absolute atomic E-state index is 0.188. The number of rotatable bonds is 5. The van der Waals surface area contributed by atoms with Crippen molar-refractivity contribution >= 4 is 10.0 Å². The summed E-state index contributed by atoms with van der Waals surface area (Å²) in [7, 11) is -3.71. The van der Waals surface area contributed by atoms with Crippen molar-refractivity contribution in [3.63, 3.8) is 0 Å². The zero-order valence-corrected chi connectivity index (χ0v) is 16.2. The highest BCUT2D eigenvalue weighted by molar-refractivity contribution is 7.89. The first-order chi connectivity index (χ1) is 13.6. The van der Waals surface area contributed by atoms with Crippen LogP contribution in [0.1, 0.15) is 22.9 Å². The molecule has 0 unspecified atom stereocenters. The van der Waals surface area contributed by atoms with Crippen molar-refractivity contribution in [1.82, 2.24) is 9.29 Å². The van der Waals surface area contributed by atoms with Gasteiger partial charge in [0.25, 0.3) is 0 Å². The molecule has 0 spiro atoms. The standard InChI is InChI=1S/C22H22N2O3S/c25-22-19-11-4-5-12-21(19)28(26,27)24(15-13-17-8-2-1-3-9-17)20(22)16-18-10-6-7-14-23-18/h1-12,14,20,22,25H,13,15-16H2/t20-,22-/m0/s1. The molecule has 5 nitrogen and oxygen atoms in total. The van der Waals surface area contributed by atoms with Crippen LogP contribution < -0.4 is 0 Å². The van der Waals surface area contributed by atoms with Gasteiger partial charge in [0.15, 0.2) is 0 Å². The smallest absolute Gasteiger partial charge is 0.243 e. The summed E-state index contributed by atoms with van der Waals surface area (Å²) in [4.78, 5) is 4.52. The number of fused-ring (bicyclic) bond motifs is 1. The van der Waals surface area contributed by atoms with Crippen LogP contribution in [0.2, 0.25) is 0 Å². The Bertz CT molecular complexity index is 1040. The molecule has 1 N–H and O–H groups in total. The fourth-order valence-electron chi connectivity index (χ4n) is 3.75. The van der Waals surface area contributed by atoms with Crippen LogP contribution in [-0.2, 0) is 22.9 Å². The monoisotopic (exact) mass is 394 g/mol. The number of benzene rings is 2. The second-order valence-corrected chi connectivity index (χ2v) is 8.79. The third-order valence-electron chi connectivity index (χ3n) is 5.17. The van der Waals surface area contributed by atoms with Crippen molar-refractivity contribution in [2.24, 2.45) is 0 Å². The maximum Gasteiger partial charge on any atom is 0.243 e. The Kier molecular flexibility index (Phi) is 5.26. The van der Waals surface area contributed by atoms with Gasteiger partial charge in [-0.3, -0.25) is 4.98 Å². The second kappa shape index (κ2) is 7.83. The van der Waals surface area contributed by atoms with E-state index in [1.165, 1.54) is 4.31 Å². The molecule has 0 amide bonds. The van der Waals surface area contributed by atoms with E-state index in [4.69, 9.17) is 0 Å². The molecular weight excluding hydrogens is 372 g/mol. The Morgan fingerprint density at radius 2 is 1.64 bits per heavy atom. The molecule has 0 fully saturated rings. The van der Waals surface area contributed by atoms with Crippen molar-refractivity contribution in [2.75, 3.05) is 6.54 Å². The number of nitrogens with zero attached hydrogens (tertiary/aromatic N) is 2. The summed E-state index contributed by atoms with van der Waals surface area (Å²) in [5, 5.41) is 11.0. The molecule has 0 radical (unpaired) electrons. The molecule has 0 saturated carbocycles. The third-order valence-corrected chi connectivity index (χ3v) is 7.17. The van der Waals surface area contributed by atoms with E-state index in [1.807, 2.05) is 48.5 Å². The van der Waals surface area contributed by atoms with E-state index in [1.54, 1.807) is 30.5 Å². The van der Waals surface area contributed by atoms with Crippen molar-refractivity contribution in [3.05, 3.63) is 95.8 Å². The molecule has 2 heterocycles. The highest BCUT2D eigenvalue weighted by Crippen LogP contribution is 2.37. The summed E-state index contributed by atoms with van der Waals surface area (Å²) in [5.41, 5.74) is 2.27. The Morgan fingerprint density at radius 3 is 2.39 bits per heavy atom. The minimum atomic E-state index is -3.71. The largest absolute Gasteiger partial charge is 0.387 e. The summed E-state index contributed by atoms with van der Waals surface area (Å²) in [5.74, 6) is 0. The first-order valence-corrected chi connectivity index (χ1v) is 10.7. The van der Waals surface area contributed by atoms with Crippen molar-refractivity contribution in [1.29, 1.82) is 0 Å². The van der Waals surface area contributed by atoms with Crippen LogP contribution in [0.5, 0.6) is 0 Å². The van der Waals surface area contributed by atoms with E-state index >= 15 is 0 Å². The fourth-order valence-corrected chi connectivity index (χ4v) is 5.61. The van der Waals surface area contributed by atoms with Gasteiger partial charge in [0.05, 0.1) is 17.0 Å². The number of pyridine rings is 1. The molecular formula is C22H22N2O3S. The fraction of sp³-hybridized carbons (Fsp3) is 0.227. The Hall–Kier alpha value is -2.54. The van der Waals surface area contributed by atoms with Gasteiger partial charge in [0.2, 0.25) is 10.0 Å². The number of hydrogen-bond donors (Lipinski definition) is 1. The topological polar surface area (TPSA) is 70.5 Å². The number of hydrogen-bond acceptors (Lipinski definition) is 4. The second-order valence-electron chi connectivity index (χ2n) is 6.93. The lowest BCUT2D eigenvalue weighted by Crippen LogP contribution is -2.49. The summed E-state index contributed by atoms with van der Waals surface area (Å²) >= 11 is 0. The highest BCUT2D eigenvalue weighted by atomic mass is 32.2. The normalized spacial score (nSPS) is 21.2. The average Bonchev–Trinajstić information content (AvgIpc) is 2.73. The van der Waals surface area contributed by atoms with Crippen molar-refractivity contribution in [2.45, 2.75) is 29.9 Å². The van der Waals surface area contributed by atoms with Gasteiger partial charge in [-0.2, -0.15) is 4.31 Å². The maximum absolute atomic E-state index is 13.4. The Labute approximate surface area is 165 Å². The molecule has 4 rings (SSSR count).